The standard InChI is InChI=1S/C16H18N2O2S/c1-11-3-7-15(8-4-11)21(19,20)18-12(2)9-13-5-6-14(17)10-16(13)18/h3-8,10,12H,9,17H2,1-2H3/t12-/m1/s1. The van der Waals surface area contributed by atoms with Crippen molar-refractivity contribution >= 4 is 21.4 Å². The predicted octanol–water partition coefficient (Wildman–Crippen LogP) is 2.72. The van der Waals surface area contributed by atoms with Crippen LogP contribution < -0.4 is 10.0 Å². The third-order valence-corrected chi connectivity index (χ3v) is 5.78. The van der Waals surface area contributed by atoms with Gasteiger partial charge in [0, 0.05) is 11.7 Å². The molecule has 1 aliphatic rings. The molecule has 110 valence electrons. The zero-order chi connectivity index (χ0) is 15.2. The van der Waals surface area contributed by atoms with Gasteiger partial charge in [0.05, 0.1) is 10.6 Å². The summed E-state index contributed by atoms with van der Waals surface area (Å²) in [5.41, 5.74) is 9.15. The molecule has 21 heavy (non-hydrogen) atoms. The quantitative estimate of drug-likeness (QED) is 0.868. The number of aryl methyl sites for hydroxylation is 1. The topological polar surface area (TPSA) is 63.4 Å². The van der Waals surface area contributed by atoms with Gasteiger partial charge in [0.15, 0.2) is 0 Å². The van der Waals surface area contributed by atoms with Gasteiger partial charge in [-0.25, -0.2) is 8.42 Å². The van der Waals surface area contributed by atoms with Gasteiger partial charge in [-0.15, -0.1) is 0 Å². The molecule has 0 aromatic heterocycles. The van der Waals surface area contributed by atoms with Crippen LogP contribution in [0, 0.1) is 6.92 Å². The monoisotopic (exact) mass is 302 g/mol. The zero-order valence-electron chi connectivity index (χ0n) is 12.1. The van der Waals surface area contributed by atoms with Crippen LogP contribution in [-0.4, -0.2) is 14.5 Å². The Labute approximate surface area is 125 Å². The van der Waals surface area contributed by atoms with Crippen molar-refractivity contribution in [2.45, 2.75) is 31.2 Å². The number of sulfonamides is 1. The van der Waals surface area contributed by atoms with Crippen LogP contribution in [0.2, 0.25) is 0 Å². The molecule has 0 radical (unpaired) electrons. The molecule has 1 aliphatic heterocycles. The number of benzene rings is 2. The minimum atomic E-state index is -3.56. The van der Waals surface area contributed by atoms with Gasteiger partial charge in [0.2, 0.25) is 0 Å². The highest BCUT2D eigenvalue weighted by Gasteiger charge is 2.36. The Morgan fingerprint density at radius 3 is 2.48 bits per heavy atom. The van der Waals surface area contributed by atoms with E-state index in [9.17, 15) is 8.42 Å². The molecule has 0 fully saturated rings. The fourth-order valence-electron chi connectivity index (χ4n) is 2.79. The smallest absolute Gasteiger partial charge is 0.264 e. The van der Waals surface area contributed by atoms with Crippen molar-refractivity contribution in [2.75, 3.05) is 10.0 Å². The van der Waals surface area contributed by atoms with Crippen molar-refractivity contribution in [3.63, 3.8) is 0 Å². The maximum Gasteiger partial charge on any atom is 0.264 e. The molecule has 0 spiro atoms. The molecule has 4 nitrogen and oxygen atoms in total. The Morgan fingerprint density at radius 2 is 1.81 bits per heavy atom. The minimum absolute atomic E-state index is 0.104. The average Bonchev–Trinajstić information content (AvgIpc) is 2.75. The van der Waals surface area contributed by atoms with Crippen molar-refractivity contribution in [3.05, 3.63) is 53.6 Å². The number of nitrogens with zero attached hydrogens (tertiary/aromatic N) is 1. The minimum Gasteiger partial charge on any atom is -0.399 e. The molecule has 0 unspecified atom stereocenters. The normalized spacial score (nSPS) is 17.8. The van der Waals surface area contributed by atoms with Gasteiger partial charge < -0.3 is 5.73 Å². The Kier molecular flexibility index (Phi) is 3.17. The molecule has 1 heterocycles. The van der Waals surface area contributed by atoms with Crippen LogP contribution in [0.15, 0.2) is 47.4 Å². The highest BCUT2D eigenvalue weighted by molar-refractivity contribution is 7.92. The summed E-state index contributed by atoms with van der Waals surface area (Å²) in [6.45, 7) is 3.85. The number of anilines is 2. The molecular weight excluding hydrogens is 284 g/mol. The molecule has 1 atom stereocenters. The Hall–Kier alpha value is -2.01. The van der Waals surface area contributed by atoms with Gasteiger partial charge in [0.25, 0.3) is 10.0 Å². The van der Waals surface area contributed by atoms with E-state index < -0.39 is 10.0 Å². The number of fused-ring (bicyclic) bond motifs is 1. The first-order chi connectivity index (χ1) is 9.89. The van der Waals surface area contributed by atoms with Crippen molar-refractivity contribution in [2.24, 2.45) is 0 Å². The van der Waals surface area contributed by atoms with Crippen LogP contribution in [0.3, 0.4) is 0 Å². The molecule has 2 aromatic carbocycles. The van der Waals surface area contributed by atoms with E-state index in [-0.39, 0.29) is 6.04 Å². The van der Waals surface area contributed by atoms with Gasteiger partial charge in [-0.3, -0.25) is 4.31 Å². The highest BCUT2D eigenvalue weighted by Crippen LogP contribution is 2.37. The van der Waals surface area contributed by atoms with Crippen LogP contribution in [-0.2, 0) is 16.4 Å². The fraction of sp³-hybridized carbons (Fsp3) is 0.250. The van der Waals surface area contributed by atoms with Crippen molar-refractivity contribution in [3.8, 4) is 0 Å². The van der Waals surface area contributed by atoms with E-state index in [2.05, 4.69) is 0 Å². The van der Waals surface area contributed by atoms with Crippen LogP contribution in [0.1, 0.15) is 18.1 Å². The molecule has 0 aliphatic carbocycles. The lowest BCUT2D eigenvalue weighted by Crippen LogP contribution is -2.35. The SMILES string of the molecule is Cc1ccc(S(=O)(=O)N2c3cc(N)ccc3C[C@H]2C)cc1. The first-order valence-corrected chi connectivity index (χ1v) is 8.33. The summed E-state index contributed by atoms with van der Waals surface area (Å²) in [5, 5.41) is 0. The molecule has 0 saturated heterocycles. The second-order valence-corrected chi connectivity index (χ2v) is 7.37. The van der Waals surface area contributed by atoms with Gasteiger partial charge in [-0.2, -0.15) is 0 Å². The lowest BCUT2D eigenvalue weighted by molar-refractivity contribution is 0.584. The summed E-state index contributed by atoms with van der Waals surface area (Å²) in [6, 6.07) is 12.3. The van der Waals surface area contributed by atoms with Crippen LogP contribution >= 0.6 is 0 Å². The number of rotatable bonds is 2. The lowest BCUT2D eigenvalue weighted by Gasteiger charge is -2.24. The predicted molar refractivity (Wildman–Crippen MR) is 84.9 cm³/mol. The number of hydrogen-bond acceptors (Lipinski definition) is 3. The molecule has 2 aromatic rings. The summed E-state index contributed by atoms with van der Waals surface area (Å²) in [5.74, 6) is 0. The molecule has 0 amide bonds. The van der Waals surface area contributed by atoms with Gasteiger partial charge in [-0.05, 0) is 50.1 Å². The summed E-state index contributed by atoms with van der Waals surface area (Å²) in [6.07, 6.45) is 0.709. The van der Waals surface area contributed by atoms with Crippen LogP contribution in [0.4, 0.5) is 11.4 Å². The third-order valence-electron chi connectivity index (χ3n) is 3.84. The highest BCUT2D eigenvalue weighted by atomic mass is 32.2. The molecule has 0 bridgehead atoms. The Morgan fingerprint density at radius 1 is 1.14 bits per heavy atom. The summed E-state index contributed by atoms with van der Waals surface area (Å²) >= 11 is 0. The van der Waals surface area contributed by atoms with E-state index in [4.69, 9.17) is 5.73 Å². The first kappa shape index (κ1) is 13.9. The Bertz CT molecular complexity index is 782. The number of nitrogen functional groups attached to an aromatic ring is 1. The average molecular weight is 302 g/mol. The van der Waals surface area contributed by atoms with Crippen molar-refractivity contribution < 1.29 is 8.42 Å². The summed E-state index contributed by atoms with van der Waals surface area (Å²) in [4.78, 5) is 0.315. The number of nitrogens with two attached hydrogens (primary N) is 1. The first-order valence-electron chi connectivity index (χ1n) is 6.89. The molecule has 2 N–H and O–H groups in total. The second kappa shape index (κ2) is 4.77. The van der Waals surface area contributed by atoms with E-state index in [0.717, 1.165) is 11.1 Å². The largest absolute Gasteiger partial charge is 0.399 e. The van der Waals surface area contributed by atoms with E-state index >= 15 is 0 Å². The maximum absolute atomic E-state index is 12.9. The molecule has 3 rings (SSSR count). The van der Waals surface area contributed by atoms with Crippen molar-refractivity contribution in [1.82, 2.24) is 0 Å². The van der Waals surface area contributed by atoms with E-state index in [1.807, 2.05) is 38.1 Å². The maximum atomic E-state index is 12.9. The summed E-state index contributed by atoms with van der Waals surface area (Å²) < 4.78 is 27.3. The zero-order valence-corrected chi connectivity index (χ0v) is 12.9. The van der Waals surface area contributed by atoms with E-state index in [0.29, 0.717) is 22.7 Å². The van der Waals surface area contributed by atoms with E-state index in [1.54, 1.807) is 18.2 Å². The number of hydrogen-bond donors (Lipinski definition) is 1. The second-order valence-electron chi connectivity index (χ2n) is 5.56. The third kappa shape index (κ3) is 2.27. The molecular formula is C16H18N2O2S. The molecule has 0 saturated carbocycles. The Balaban J connectivity index is 2.12. The van der Waals surface area contributed by atoms with Crippen LogP contribution in [0.5, 0.6) is 0 Å². The van der Waals surface area contributed by atoms with E-state index in [1.165, 1.54) is 4.31 Å². The molecule has 5 heteroatoms. The summed E-state index contributed by atoms with van der Waals surface area (Å²) in [7, 11) is -3.56. The van der Waals surface area contributed by atoms with Gasteiger partial charge in [0.1, 0.15) is 0 Å². The van der Waals surface area contributed by atoms with Gasteiger partial charge in [-0.1, -0.05) is 23.8 Å². The van der Waals surface area contributed by atoms with Crippen LogP contribution in [0.25, 0.3) is 0 Å². The van der Waals surface area contributed by atoms with Crippen molar-refractivity contribution in [1.29, 1.82) is 0 Å². The fourth-order valence-corrected chi connectivity index (χ4v) is 4.47. The lowest BCUT2D eigenvalue weighted by atomic mass is 10.1. The van der Waals surface area contributed by atoms with Gasteiger partial charge >= 0.3 is 0 Å².